The van der Waals surface area contributed by atoms with Gasteiger partial charge in [0.2, 0.25) is 10.0 Å². The Morgan fingerprint density at radius 3 is 2.52 bits per heavy atom. The first-order valence-electron chi connectivity index (χ1n) is 7.65. The molecule has 0 bridgehead atoms. The fourth-order valence-electron chi connectivity index (χ4n) is 2.08. The average Bonchev–Trinajstić information content (AvgIpc) is 2.52. The largest absolute Gasteiger partial charge is 0.244 e. The molecular weight excluding hydrogens is 306 g/mol. The van der Waals surface area contributed by atoms with Gasteiger partial charge in [-0.15, -0.1) is 12.5 Å². The molecule has 0 radical (unpaired) electrons. The first-order chi connectivity index (χ1) is 10.9. The molecule has 0 fully saturated rings. The molecule has 0 unspecified atom stereocenters. The van der Waals surface area contributed by atoms with Crippen molar-refractivity contribution in [3.05, 3.63) is 54.6 Å². The number of benzene rings is 1. The predicted molar refractivity (Wildman–Crippen MR) is 96.6 cm³/mol. The predicted octanol–water partition coefficient (Wildman–Crippen LogP) is 3.92. The molecule has 4 heteroatoms. The molecule has 0 aliphatic heterocycles. The summed E-state index contributed by atoms with van der Waals surface area (Å²) in [5, 5.41) is 0. The molecule has 0 saturated carbocycles. The molecule has 0 aliphatic rings. The molecule has 1 aromatic rings. The molecule has 0 aromatic heterocycles. The zero-order valence-corrected chi connectivity index (χ0v) is 14.8. The van der Waals surface area contributed by atoms with Gasteiger partial charge in [0.15, 0.2) is 0 Å². The number of unbranched alkanes of at least 4 members (excludes halogenated alkanes) is 1. The lowest BCUT2D eigenvalue weighted by Gasteiger charge is -2.21. The Morgan fingerprint density at radius 2 is 1.96 bits per heavy atom. The topological polar surface area (TPSA) is 37.4 Å². The summed E-state index contributed by atoms with van der Waals surface area (Å²) in [4.78, 5) is 0.292. The molecule has 124 valence electrons. The Kier molecular flexibility index (Phi) is 7.80. The van der Waals surface area contributed by atoms with Crippen LogP contribution >= 0.6 is 0 Å². The third-order valence-electron chi connectivity index (χ3n) is 3.43. The molecule has 0 spiro atoms. The van der Waals surface area contributed by atoms with Crippen molar-refractivity contribution in [2.75, 3.05) is 13.1 Å². The van der Waals surface area contributed by atoms with E-state index in [0.29, 0.717) is 11.4 Å². The van der Waals surface area contributed by atoms with E-state index in [2.05, 4.69) is 25.0 Å². The molecule has 0 saturated heterocycles. The number of allylic oxidation sites excluding steroid dienone is 1. The molecule has 3 nitrogen and oxygen atoms in total. The molecular formula is C19H25NO2S. The molecule has 0 aliphatic carbocycles. The van der Waals surface area contributed by atoms with Crippen molar-refractivity contribution in [3.8, 4) is 11.8 Å². The van der Waals surface area contributed by atoms with Crippen molar-refractivity contribution < 1.29 is 8.42 Å². The summed E-state index contributed by atoms with van der Waals surface area (Å²) in [5.74, 6) is 5.61. The highest BCUT2D eigenvalue weighted by Gasteiger charge is 2.24. The van der Waals surface area contributed by atoms with Gasteiger partial charge < -0.3 is 0 Å². The molecule has 0 N–H and O–H groups in total. The Morgan fingerprint density at radius 1 is 1.30 bits per heavy atom. The van der Waals surface area contributed by atoms with Gasteiger partial charge in [-0.1, -0.05) is 41.8 Å². The van der Waals surface area contributed by atoms with E-state index in [1.54, 1.807) is 31.2 Å². The second kappa shape index (κ2) is 9.34. The Bertz CT molecular complexity index is 691. The van der Waals surface area contributed by atoms with Crippen LogP contribution in [0.5, 0.6) is 0 Å². The second-order valence-corrected chi connectivity index (χ2v) is 7.38. The third kappa shape index (κ3) is 6.05. The smallest absolute Gasteiger partial charge is 0.207 e. The highest BCUT2D eigenvalue weighted by Crippen LogP contribution is 2.18. The lowest BCUT2D eigenvalue weighted by molar-refractivity contribution is 0.466. The van der Waals surface area contributed by atoms with Gasteiger partial charge in [-0.3, -0.25) is 0 Å². The Labute approximate surface area is 140 Å². The first kappa shape index (κ1) is 19.2. The maximum absolute atomic E-state index is 12.8. The van der Waals surface area contributed by atoms with Crippen LogP contribution < -0.4 is 0 Å². The highest BCUT2D eigenvalue weighted by molar-refractivity contribution is 7.89. The van der Waals surface area contributed by atoms with E-state index in [4.69, 9.17) is 0 Å². The van der Waals surface area contributed by atoms with Gasteiger partial charge in [0.05, 0.1) is 11.4 Å². The zero-order valence-electron chi connectivity index (χ0n) is 14.0. The summed E-state index contributed by atoms with van der Waals surface area (Å²) in [6.07, 6.45) is 4.47. The minimum atomic E-state index is -3.57. The van der Waals surface area contributed by atoms with Crippen molar-refractivity contribution in [1.29, 1.82) is 0 Å². The Hall–Kier alpha value is -1.83. The van der Waals surface area contributed by atoms with Crippen molar-refractivity contribution in [3.63, 3.8) is 0 Å². The van der Waals surface area contributed by atoms with Crippen LogP contribution in [0.25, 0.3) is 0 Å². The standard InChI is InChI=1S/C19H25NO2S/c1-5-7-9-10-18(4)16-20(15-8-6-2)23(21,22)19-13-11-17(3)12-14-19/h5,11-14H,1,4,7,9-10,15-16H2,2-3H3. The van der Waals surface area contributed by atoms with Gasteiger partial charge in [-0.2, -0.15) is 4.31 Å². The summed E-state index contributed by atoms with van der Waals surface area (Å²) in [6.45, 7) is 11.8. The number of nitrogens with zero attached hydrogens (tertiary/aromatic N) is 1. The van der Waals surface area contributed by atoms with Crippen molar-refractivity contribution >= 4 is 10.0 Å². The third-order valence-corrected chi connectivity index (χ3v) is 5.24. The SMILES string of the molecule is C=CCCCC(=C)CN(CC#CC)S(=O)(=O)c1ccc(C)cc1. The summed E-state index contributed by atoms with van der Waals surface area (Å²) >= 11 is 0. The molecule has 1 rings (SSSR count). The van der Waals surface area contributed by atoms with Gasteiger partial charge in [0.25, 0.3) is 0 Å². The number of aryl methyl sites for hydroxylation is 1. The lowest BCUT2D eigenvalue weighted by Crippen LogP contribution is -2.33. The molecule has 1 aromatic carbocycles. The van der Waals surface area contributed by atoms with E-state index in [9.17, 15) is 8.42 Å². The van der Waals surface area contributed by atoms with Gasteiger partial charge in [-0.05, 0) is 45.2 Å². The maximum atomic E-state index is 12.8. The highest BCUT2D eigenvalue weighted by atomic mass is 32.2. The number of hydrogen-bond donors (Lipinski definition) is 0. The minimum Gasteiger partial charge on any atom is -0.207 e. The average molecular weight is 331 g/mol. The van der Waals surface area contributed by atoms with Gasteiger partial charge >= 0.3 is 0 Å². The van der Waals surface area contributed by atoms with Crippen molar-refractivity contribution in [2.45, 2.75) is 38.0 Å². The van der Waals surface area contributed by atoms with Gasteiger partial charge in [-0.25, -0.2) is 8.42 Å². The van der Waals surface area contributed by atoms with Crippen LogP contribution in [-0.2, 0) is 10.0 Å². The lowest BCUT2D eigenvalue weighted by atomic mass is 10.1. The van der Waals surface area contributed by atoms with E-state index in [1.165, 1.54) is 4.31 Å². The normalized spacial score (nSPS) is 10.9. The van der Waals surface area contributed by atoms with Gasteiger partial charge in [0.1, 0.15) is 0 Å². The van der Waals surface area contributed by atoms with Crippen LogP contribution in [0.3, 0.4) is 0 Å². The fraction of sp³-hybridized carbons (Fsp3) is 0.368. The van der Waals surface area contributed by atoms with E-state index in [1.807, 2.05) is 13.0 Å². The first-order valence-corrected chi connectivity index (χ1v) is 9.09. The van der Waals surface area contributed by atoms with Crippen LogP contribution in [0.1, 0.15) is 31.7 Å². The van der Waals surface area contributed by atoms with Crippen LogP contribution in [0.2, 0.25) is 0 Å². The van der Waals surface area contributed by atoms with Crippen LogP contribution in [-0.4, -0.2) is 25.8 Å². The molecule has 0 atom stereocenters. The summed E-state index contributed by atoms with van der Waals surface area (Å²) in [5.41, 5.74) is 1.91. The monoisotopic (exact) mass is 331 g/mol. The quantitative estimate of drug-likeness (QED) is 0.391. The van der Waals surface area contributed by atoms with Gasteiger partial charge in [0, 0.05) is 6.54 Å². The zero-order chi connectivity index (χ0) is 17.3. The number of hydrogen-bond acceptors (Lipinski definition) is 2. The minimum absolute atomic E-state index is 0.174. The maximum Gasteiger partial charge on any atom is 0.244 e. The molecule has 0 amide bonds. The molecule has 0 heterocycles. The van der Waals surface area contributed by atoms with Crippen LogP contribution in [0, 0.1) is 18.8 Å². The van der Waals surface area contributed by atoms with E-state index >= 15 is 0 Å². The van der Waals surface area contributed by atoms with Crippen molar-refractivity contribution in [2.24, 2.45) is 0 Å². The van der Waals surface area contributed by atoms with Crippen LogP contribution in [0.15, 0.2) is 54.0 Å². The summed E-state index contributed by atoms with van der Waals surface area (Å²) in [6, 6.07) is 6.87. The van der Waals surface area contributed by atoms with Crippen LogP contribution in [0.4, 0.5) is 0 Å². The Balaban J connectivity index is 2.94. The molecule has 23 heavy (non-hydrogen) atoms. The van der Waals surface area contributed by atoms with Crippen molar-refractivity contribution in [1.82, 2.24) is 4.31 Å². The summed E-state index contributed by atoms with van der Waals surface area (Å²) in [7, 11) is -3.57. The van der Waals surface area contributed by atoms with E-state index in [0.717, 1.165) is 30.4 Å². The van der Waals surface area contributed by atoms with E-state index < -0.39 is 10.0 Å². The second-order valence-electron chi connectivity index (χ2n) is 5.44. The fourth-order valence-corrected chi connectivity index (χ4v) is 3.44. The number of rotatable bonds is 9. The summed E-state index contributed by atoms with van der Waals surface area (Å²) < 4.78 is 27.0. The van der Waals surface area contributed by atoms with E-state index in [-0.39, 0.29) is 6.54 Å². The number of sulfonamides is 1.